The van der Waals surface area contributed by atoms with Crippen LogP contribution < -0.4 is 5.32 Å². The van der Waals surface area contributed by atoms with Crippen LogP contribution in [-0.4, -0.2) is 40.1 Å². The minimum atomic E-state index is -0.857. The molecule has 1 fully saturated rings. The first-order chi connectivity index (χ1) is 11.9. The number of thiazole rings is 1. The van der Waals surface area contributed by atoms with Gasteiger partial charge in [0.15, 0.2) is 5.13 Å². The normalized spacial score (nSPS) is 16.9. The number of likely N-dealkylation sites (tertiary alicyclic amines) is 1. The van der Waals surface area contributed by atoms with E-state index in [-0.39, 0.29) is 12.6 Å². The number of urea groups is 1. The number of carbonyl (C=O) groups excluding carboxylic acids is 1. The fourth-order valence-electron chi connectivity index (χ4n) is 2.79. The maximum absolute atomic E-state index is 12.3. The van der Waals surface area contributed by atoms with Gasteiger partial charge in [0, 0.05) is 29.4 Å². The van der Waals surface area contributed by atoms with Crippen molar-refractivity contribution in [2.75, 3.05) is 18.4 Å². The zero-order chi connectivity index (χ0) is 18.0. The molecule has 8 heteroatoms. The first kappa shape index (κ1) is 17.7. The minimum Gasteiger partial charge on any atom is -0.481 e. The second-order valence-corrected chi connectivity index (χ2v) is 7.55. The molecule has 3 rings (SSSR count). The Morgan fingerprint density at radius 1 is 1.48 bits per heavy atom. The Bertz CT molecular complexity index is 808. The van der Waals surface area contributed by atoms with E-state index in [0.29, 0.717) is 29.5 Å². The van der Waals surface area contributed by atoms with E-state index in [1.165, 1.54) is 16.2 Å². The summed E-state index contributed by atoms with van der Waals surface area (Å²) in [5, 5.41) is 13.0. The van der Waals surface area contributed by atoms with E-state index in [2.05, 4.69) is 10.3 Å². The Morgan fingerprint density at radius 2 is 2.28 bits per heavy atom. The van der Waals surface area contributed by atoms with Gasteiger partial charge in [0.05, 0.1) is 11.6 Å². The molecular weight excluding hydrogens is 362 g/mol. The van der Waals surface area contributed by atoms with E-state index >= 15 is 0 Å². The van der Waals surface area contributed by atoms with Gasteiger partial charge in [-0.15, -0.1) is 11.3 Å². The van der Waals surface area contributed by atoms with Crippen molar-refractivity contribution in [1.82, 2.24) is 9.88 Å². The number of hydrogen-bond donors (Lipinski definition) is 2. The number of amides is 2. The third kappa shape index (κ3) is 4.29. The second kappa shape index (κ2) is 7.41. The Hall–Kier alpha value is -2.12. The second-order valence-electron chi connectivity index (χ2n) is 6.03. The van der Waals surface area contributed by atoms with Gasteiger partial charge in [-0.3, -0.25) is 10.1 Å². The first-order valence-corrected chi connectivity index (χ1v) is 9.11. The molecule has 0 aliphatic carbocycles. The molecule has 25 heavy (non-hydrogen) atoms. The molecule has 0 radical (unpaired) electrons. The molecule has 1 aromatic carbocycles. The van der Waals surface area contributed by atoms with Crippen molar-refractivity contribution in [2.24, 2.45) is 5.92 Å². The largest absolute Gasteiger partial charge is 0.481 e. The third-order valence-corrected chi connectivity index (χ3v) is 5.49. The van der Waals surface area contributed by atoms with Crippen LogP contribution >= 0.6 is 22.9 Å². The summed E-state index contributed by atoms with van der Waals surface area (Å²) in [6, 6.07) is 7.35. The lowest BCUT2D eigenvalue weighted by Crippen LogP contribution is -2.33. The van der Waals surface area contributed by atoms with Crippen LogP contribution in [0, 0.1) is 12.8 Å². The van der Waals surface area contributed by atoms with E-state index in [0.717, 1.165) is 16.1 Å². The minimum absolute atomic E-state index is 0.237. The van der Waals surface area contributed by atoms with E-state index in [9.17, 15) is 9.59 Å². The van der Waals surface area contributed by atoms with Crippen LogP contribution in [0.1, 0.15) is 22.6 Å². The number of hydrogen-bond acceptors (Lipinski definition) is 4. The van der Waals surface area contributed by atoms with Gasteiger partial charge in [-0.25, -0.2) is 9.78 Å². The number of aromatic nitrogens is 1. The summed E-state index contributed by atoms with van der Waals surface area (Å²) in [5.74, 6) is -1.34. The quantitative estimate of drug-likeness (QED) is 0.849. The summed E-state index contributed by atoms with van der Waals surface area (Å²) in [4.78, 5) is 30.3. The molecule has 6 nitrogen and oxygen atoms in total. The first-order valence-electron chi connectivity index (χ1n) is 7.92. The van der Waals surface area contributed by atoms with Crippen molar-refractivity contribution < 1.29 is 14.7 Å². The summed E-state index contributed by atoms with van der Waals surface area (Å²) in [5.41, 5.74) is 1.95. The number of nitrogens with one attached hydrogen (secondary N) is 1. The molecule has 2 heterocycles. The fraction of sp³-hybridized carbons (Fsp3) is 0.353. The molecular formula is C17H18ClN3O3S. The molecule has 1 unspecified atom stereocenters. The molecule has 0 spiro atoms. The van der Waals surface area contributed by atoms with Crippen LogP contribution in [0.5, 0.6) is 0 Å². The maximum Gasteiger partial charge on any atom is 0.323 e. The van der Waals surface area contributed by atoms with Gasteiger partial charge < -0.3 is 10.0 Å². The van der Waals surface area contributed by atoms with Gasteiger partial charge in [-0.2, -0.15) is 0 Å². The van der Waals surface area contributed by atoms with Crippen molar-refractivity contribution >= 4 is 40.1 Å². The molecule has 0 saturated carbocycles. The number of rotatable bonds is 4. The van der Waals surface area contributed by atoms with E-state index in [1.54, 1.807) is 0 Å². The molecule has 2 amide bonds. The van der Waals surface area contributed by atoms with Crippen LogP contribution in [0.4, 0.5) is 9.93 Å². The monoisotopic (exact) mass is 379 g/mol. The highest BCUT2D eigenvalue weighted by atomic mass is 35.5. The lowest BCUT2D eigenvalue weighted by Gasteiger charge is -2.15. The average Bonchev–Trinajstić information content (AvgIpc) is 3.15. The number of halogens is 1. The highest BCUT2D eigenvalue weighted by Gasteiger charge is 2.31. The Balaban J connectivity index is 1.64. The van der Waals surface area contributed by atoms with Gasteiger partial charge in [-0.1, -0.05) is 23.7 Å². The highest BCUT2D eigenvalue weighted by Crippen LogP contribution is 2.27. The maximum atomic E-state index is 12.3. The van der Waals surface area contributed by atoms with E-state index < -0.39 is 11.9 Å². The molecule has 2 aromatic rings. The van der Waals surface area contributed by atoms with Crippen LogP contribution in [0.2, 0.25) is 5.02 Å². The van der Waals surface area contributed by atoms with Crippen LogP contribution in [-0.2, 0) is 11.2 Å². The number of anilines is 1. The van der Waals surface area contributed by atoms with Crippen molar-refractivity contribution in [3.63, 3.8) is 0 Å². The molecule has 1 aliphatic rings. The summed E-state index contributed by atoms with van der Waals surface area (Å²) in [7, 11) is 0. The van der Waals surface area contributed by atoms with Gasteiger partial charge in [0.1, 0.15) is 0 Å². The predicted octanol–water partition coefficient (Wildman–Crippen LogP) is 3.63. The van der Waals surface area contributed by atoms with Crippen LogP contribution in [0.25, 0.3) is 0 Å². The van der Waals surface area contributed by atoms with Crippen LogP contribution in [0.3, 0.4) is 0 Å². The van der Waals surface area contributed by atoms with Crippen molar-refractivity contribution in [3.05, 3.63) is 45.4 Å². The average molecular weight is 380 g/mol. The van der Waals surface area contributed by atoms with Gasteiger partial charge >= 0.3 is 12.0 Å². The van der Waals surface area contributed by atoms with Crippen molar-refractivity contribution in [3.8, 4) is 0 Å². The van der Waals surface area contributed by atoms with Gasteiger partial charge in [0.25, 0.3) is 0 Å². The molecule has 132 valence electrons. The number of aryl methyl sites for hydroxylation is 1. The van der Waals surface area contributed by atoms with Gasteiger partial charge in [-0.05, 0) is 31.0 Å². The molecule has 1 aliphatic heterocycles. The number of aliphatic carboxylic acids is 1. The third-order valence-electron chi connectivity index (χ3n) is 4.18. The summed E-state index contributed by atoms with van der Waals surface area (Å²) >= 11 is 7.44. The molecule has 1 atom stereocenters. The predicted molar refractivity (Wildman–Crippen MR) is 97.4 cm³/mol. The lowest BCUT2D eigenvalue weighted by atomic mass is 10.1. The number of benzene rings is 1. The lowest BCUT2D eigenvalue weighted by molar-refractivity contribution is -0.141. The summed E-state index contributed by atoms with van der Waals surface area (Å²) in [6.45, 7) is 2.59. The standard InChI is InChI=1S/C17H18ClN3O3S/c1-10-14(8-11-3-2-4-13(18)7-11)25-16(19-10)20-17(24)21-6-5-12(9-21)15(22)23/h2-4,7,12H,5-6,8-9H2,1H3,(H,22,23)(H,19,20,24). The zero-order valence-corrected chi connectivity index (χ0v) is 15.2. The summed E-state index contributed by atoms with van der Waals surface area (Å²) in [6.07, 6.45) is 1.18. The Labute approximate surface area is 154 Å². The fourth-order valence-corrected chi connectivity index (χ4v) is 3.99. The topological polar surface area (TPSA) is 82.5 Å². The highest BCUT2D eigenvalue weighted by molar-refractivity contribution is 7.15. The smallest absolute Gasteiger partial charge is 0.323 e. The van der Waals surface area contributed by atoms with Crippen molar-refractivity contribution in [1.29, 1.82) is 0 Å². The molecule has 1 aromatic heterocycles. The number of carbonyl (C=O) groups is 2. The van der Waals surface area contributed by atoms with Crippen molar-refractivity contribution in [2.45, 2.75) is 19.8 Å². The molecule has 0 bridgehead atoms. The SMILES string of the molecule is Cc1nc(NC(=O)N2CCC(C(=O)O)C2)sc1Cc1cccc(Cl)c1. The Morgan fingerprint density at radius 3 is 2.96 bits per heavy atom. The molecule has 2 N–H and O–H groups in total. The van der Waals surface area contributed by atoms with Gasteiger partial charge in [0.2, 0.25) is 0 Å². The Kier molecular flexibility index (Phi) is 5.24. The number of carboxylic acid groups (broad SMARTS) is 1. The molecule has 1 saturated heterocycles. The number of carboxylic acids is 1. The van der Waals surface area contributed by atoms with Crippen LogP contribution in [0.15, 0.2) is 24.3 Å². The summed E-state index contributed by atoms with van der Waals surface area (Å²) < 4.78 is 0. The zero-order valence-electron chi connectivity index (χ0n) is 13.7. The van der Waals surface area contributed by atoms with E-state index in [1.807, 2.05) is 31.2 Å². The van der Waals surface area contributed by atoms with E-state index in [4.69, 9.17) is 16.7 Å². The number of nitrogens with zero attached hydrogens (tertiary/aromatic N) is 2.